The number of rotatable bonds is 2. The third kappa shape index (κ3) is 3.66. The van der Waals surface area contributed by atoms with E-state index in [1.165, 1.54) is 0 Å². The molecule has 0 aliphatic heterocycles. The molecule has 0 unspecified atom stereocenters. The van der Waals surface area contributed by atoms with Gasteiger partial charge in [0.25, 0.3) is 0 Å². The van der Waals surface area contributed by atoms with Gasteiger partial charge in [0.15, 0.2) is 0 Å². The fourth-order valence-electron chi connectivity index (χ4n) is 0.954. The number of hydrogen-bond acceptors (Lipinski definition) is 2. The van der Waals surface area contributed by atoms with Crippen LogP contribution in [0.2, 0.25) is 0 Å². The minimum absolute atomic E-state index is 0.220. The lowest BCUT2D eigenvalue weighted by Crippen LogP contribution is -1.77. The molecule has 1 rings (SSSR count). The van der Waals surface area contributed by atoms with E-state index >= 15 is 0 Å². The average Bonchev–Trinajstić information content (AvgIpc) is 2.22. The van der Waals surface area contributed by atoms with E-state index in [-0.39, 0.29) is 11.5 Å². The van der Waals surface area contributed by atoms with Crippen molar-refractivity contribution in [1.29, 1.82) is 0 Å². The lowest BCUT2D eigenvalue weighted by Gasteiger charge is -2.00. The maximum absolute atomic E-state index is 10.2. The van der Waals surface area contributed by atoms with Crippen LogP contribution in [0, 0.1) is 0 Å². The molecular formula is C11H15NOS. The van der Waals surface area contributed by atoms with Crippen LogP contribution in [-0.2, 0) is 11.5 Å². The van der Waals surface area contributed by atoms with Crippen LogP contribution in [0.1, 0.15) is 26.3 Å². The highest BCUT2D eigenvalue weighted by atomic mass is 32.1. The molecule has 1 aromatic rings. The molecule has 0 heterocycles. The van der Waals surface area contributed by atoms with Crippen LogP contribution in [0.25, 0.3) is 5.57 Å². The molecule has 14 heavy (non-hydrogen) atoms. The van der Waals surface area contributed by atoms with Crippen molar-refractivity contribution in [2.75, 3.05) is 0 Å². The first-order valence-electron chi connectivity index (χ1n) is 4.50. The predicted octanol–water partition coefficient (Wildman–Crippen LogP) is 3.77. The van der Waals surface area contributed by atoms with Crippen molar-refractivity contribution in [2.45, 2.75) is 20.8 Å². The van der Waals surface area contributed by atoms with E-state index < -0.39 is 0 Å². The fourth-order valence-corrected chi connectivity index (χ4v) is 1.19. The normalized spacial score (nSPS) is 8.21. The number of nitrogens with zero attached hydrogens (tertiary/aromatic N) is 1. The third-order valence-electron chi connectivity index (χ3n) is 1.50. The van der Waals surface area contributed by atoms with E-state index in [9.17, 15) is 4.21 Å². The Hall–Kier alpha value is -1.22. The van der Waals surface area contributed by atoms with Gasteiger partial charge in [-0.1, -0.05) is 38.6 Å². The van der Waals surface area contributed by atoms with Crippen LogP contribution in [0.5, 0.6) is 0 Å². The summed E-state index contributed by atoms with van der Waals surface area (Å²) in [5.74, 6) is 0. The summed E-state index contributed by atoms with van der Waals surface area (Å²) in [6, 6.07) is 7.45. The minimum Gasteiger partial charge on any atom is -0.191 e. The van der Waals surface area contributed by atoms with E-state index in [4.69, 9.17) is 0 Å². The summed E-state index contributed by atoms with van der Waals surface area (Å²) in [4.78, 5) is 0. The van der Waals surface area contributed by atoms with Crippen LogP contribution in [0.15, 0.2) is 35.2 Å². The van der Waals surface area contributed by atoms with Gasteiger partial charge in [-0.2, -0.15) is 8.57 Å². The van der Waals surface area contributed by atoms with Gasteiger partial charge in [-0.15, -0.1) is 0 Å². The van der Waals surface area contributed by atoms with Crippen molar-refractivity contribution in [1.82, 2.24) is 0 Å². The van der Waals surface area contributed by atoms with Crippen molar-refractivity contribution in [2.24, 2.45) is 4.36 Å². The Balaban J connectivity index is 0.000000791. The molecule has 3 heteroatoms. The molecule has 76 valence electrons. The largest absolute Gasteiger partial charge is 0.205 e. The number of hydrogen-bond donors (Lipinski definition) is 0. The molecule has 0 aliphatic rings. The van der Waals surface area contributed by atoms with Gasteiger partial charge in [0, 0.05) is 5.56 Å². The standard InChI is InChI=1S/C9H9NOS.C2H6/c1-7(2)8-5-3-4-6-9(8)10-12-11;1-2/h3-6H,1H2,2H3;1-2H3. The van der Waals surface area contributed by atoms with E-state index in [0.717, 1.165) is 11.1 Å². The highest BCUT2D eigenvalue weighted by molar-refractivity contribution is 7.54. The lowest BCUT2D eigenvalue weighted by atomic mass is 10.1. The first kappa shape index (κ1) is 12.8. The molecule has 0 radical (unpaired) electrons. The van der Waals surface area contributed by atoms with Crippen LogP contribution < -0.4 is 0 Å². The van der Waals surface area contributed by atoms with Gasteiger partial charge in [-0.25, -0.2) is 0 Å². The van der Waals surface area contributed by atoms with E-state index in [2.05, 4.69) is 10.9 Å². The predicted molar refractivity (Wildman–Crippen MR) is 62.7 cm³/mol. The first-order valence-corrected chi connectivity index (χ1v) is 5.20. The highest BCUT2D eigenvalue weighted by Crippen LogP contribution is 2.23. The molecule has 1 aromatic carbocycles. The summed E-state index contributed by atoms with van der Waals surface area (Å²) in [6.45, 7) is 9.69. The smallest absolute Gasteiger partial charge is 0.191 e. The summed E-state index contributed by atoms with van der Waals surface area (Å²) in [6.07, 6.45) is 0. The van der Waals surface area contributed by atoms with Gasteiger partial charge in [0.1, 0.15) is 0 Å². The Morgan fingerprint density at radius 2 is 1.93 bits per heavy atom. The van der Waals surface area contributed by atoms with Crippen LogP contribution in [0.4, 0.5) is 5.69 Å². The molecule has 0 saturated heterocycles. The zero-order valence-electron chi connectivity index (χ0n) is 8.78. The Morgan fingerprint density at radius 3 is 2.43 bits per heavy atom. The molecule has 0 amide bonds. The van der Waals surface area contributed by atoms with Gasteiger partial charge in [-0.05, 0) is 18.6 Å². The molecule has 0 saturated carbocycles. The minimum atomic E-state index is 0.220. The summed E-state index contributed by atoms with van der Waals surface area (Å²) in [7, 11) is 0. The molecule has 0 atom stereocenters. The highest BCUT2D eigenvalue weighted by Gasteiger charge is 1.98. The maximum atomic E-state index is 10.2. The molecule has 0 aromatic heterocycles. The van der Waals surface area contributed by atoms with Gasteiger partial charge in [0.2, 0.25) is 11.5 Å². The molecule has 0 bridgehead atoms. The monoisotopic (exact) mass is 209 g/mol. The van der Waals surface area contributed by atoms with Crippen molar-refractivity contribution >= 4 is 22.7 Å². The van der Waals surface area contributed by atoms with Crippen molar-refractivity contribution < 1.29 is 4.21 Å². The van der Waals surface area contributed by atoms with Gasteiger partial charge in [0.05, 0.1) is 5.69 Å². The second-order valence-electron chi connectivity index (χ2n) is 2.46. The maximum Gasteiger partial charge on any atom is 0.205 e. The van der Waals surface area contributed by atoms with E-state index in [1.807, 2.05) is 39.0 Å². The summed E-state index contributed by atoms with van der Waals surface area (Å²) < 4.78 is 13.9. The van der Waals surface area contributed by atoms with Gasteiger partial charge < -0.3 is 0 Å². The van der Waals surface area contributed by atoms with E-state index in [0.29, 0.717) is 5.69 Å². The summed E-state index contributed by atoms with van der Waals surface area (Å²) in [5, 5.41) is 0. The Bertz CT molecular complexity index is 333. The number of allylic oxidation sites excluding steroid dienone is 1. The lowest BCUT2D eigenvalue weighted by molar-refractivity contribution is 0.698. The zero-order chi connectivity index (χ0) is 11.0. The van der Waals surface area contributed by atoms with Crippen LogP contribution in [0.3, 0.4) is 0 Å². The average molecular weight is 209 g/mol. The Kier molecular flexibility index (Phi) is 6.58. The Morgan fingerprint density at radius 1 is 1.36 bits per heavy atom. The summed E-state index contributed by atoms with van der Waals surface area (Å²) >= 11 is 0.220. The third-order valence-corrected chi connectivity index (χ3v) is 1.77. The second kappa shape index (κ2) is 7.21. The fraction of sp³-hybridized carbons (Fsp3) is 0.273. The summed E-state index contributed by atoms with van der Waals surface area (Å²) in [5.41, 5.74) is 2.55. The first-order chi connectivity index (χ1) is 6.75. The quantitative estimate of drug-likeness (QED) is 0.729. The molecular weight excluding hydrogens is 194 g/mol. The molecule has 0 aliphatic carbocycles. The second-order valence-corrected chi connectivity index (χ2v) is 2.79. The molecule has 2 nitrogen and oxygen atoms in total. The van der Waals surface area contributed by atoms with Gasteiger partial charge >= 0.3 is 0 Å². The van der Waals surface area contributed by atoms with Crippen LogP contribution in [-0.4, -0.2) is 4.21 Å². The zero-order valence-corrected chi connectivity index (χ0v) is 9.60. The Labute approximate surface area is 88.9 Å². The SMILES string of the molecule is C=C(C)c1ccccc1N=S=O.CC. The van der Waals surface area contributed by atoms with Gasteiger partial charge in [-0.3, -0.25) is 0 Å². The topological polar surface area (TPSA) is 29.4 Å². The van der Waals surface area contributed by atoms with Crippen molar-refractivity contribution in [3.63, 3.8) is 0 Å². The molecule has 0 spiro atoms. The van der Waals surface area contributed by atoms with Crippen LogP contribution >= 0.6 is 0 Å². The van der Waals surface area contributed by atoms with Crippen molar-refractivity contribution in [3.8, 4) is 0 Å². The molecule has 0 N–H and O–H groups in total. The molecule has 0 fully saturated rings. The number of benzene rings is 1. The van der Waals surface area contributed by atoms with E-state index in [1.54, 1.807) is 6.07 Å². The van der Waals surface area contributed by atoms with Crippen molar-refractivity contribution in [3.05, 3.63) is 36.4 Å².